The van der Waals surface area contributed by atoms with Gasteiger partial charge >= 0.3 is 0 Å². The van der Waals surface area contributed by atoms with Gasteiger partial charge in [-0.05, 0) is 49.1 Å². The van der Waals surface area contributed by atoms with Crippen LogP contribution in [0.3, 0.4) is 0 Å². The fourth-order valence-corrected chi connectivity index (χ4v) is 5.14. The van der Waals surface area contributed by atoms with Gasteiger partial charge in [0.2, 0.25) is 11.8 Å². The first-order chi connectivity index (χ1) is 18.4. The van der Waals surface area contributed by atoms with Crippen molar-refractivity contribution >= 4 is 29.3 Å². The van der Waals surface area contributed by atoms with E-state index in [2.05, 4.69) is 10.6 Å². The number of nitrogens with zero attached hydrogens (tertiary/aromatic N) is 1. The molecule has 0 aromatic heterocycles. The van der Waals surface area contributed by atoms with Crippen molar-refractivity contribution in [2.24, 2.45) is 5.92 Å². The number of likely N-dealkylation sites (tertiary alicyclic amines) is 1. The predicted octanol–water partition coefficient (Wildman–Crippen LogP) is 2.73. The summed E-state index contributed by atoms with van der Waals surface area (Å²) in [6.45, 7) is 1.87. The molecule has 2 N–H and O–H groups in total. The highest BCUT2D eigenvalue weighted by Crippen LogP contribution is 2.36. The lowest BCUT2D eigenvalue weighted by Gasteiger charge is -2.27. The normalized spacial score (nSPS) is 21.8. The Hall–Kier alpha value is -3.53. The van der Waals surface area contributed by atoms with E-state index in [-0.39, 0.29) is 49.2 Å². The monoisotopic (exact) mass is 545 g/mol. The minimum atomic E-state index is -0.551. The van der Waals surface area contributed by atoms with E-state index in [0.29, 0.717) is 61.1 Å². The second kappa shape index (κ2) is 11.5. The number of carbonyl (C=O) groups excluding carboxylic acids is 3. The molecule has 3 aliphatic heterocycles. The Balaban J connectivity index is 1.39. The first-order valence-electron chi connectivity index (χ1n) is 12.7. The van der Waals surface area contributed by atoms with Gasteiger partial charge in [-0.1, -0.05) is 11.6 Å². The third kappa shape index (κ3) is 5.96. The molecular formula is C27H29ClFN3O6. The van der Waals surface area contributed by atoms with Gasteiger partial charge < -0.3 is 29.7 Å². The van der Waals surface area contributed by atoms with Crippen LogP contribution in [0.1, 0.15) is 35.2 Å². The molecule has 9 nitrogen and oxygen atoms in total. The Morgan fingerprint density at radius 1 is 1.00 bits per heavy atom. The number of fused-ring (bicyclic) bond motifs is 5. The highest BCUT2D eigenvalue weighted by atomic mass is 35.5. The van der Waals surface area contributed by atoms with Crippen molar-refractivity contribution in [2.75, 3.05) is 39.5 Å². The molecule has 202 valence electrons. The first-order valence-corrected chi connectivity index (χ1v) is 13.1. The van der Waals surface area contributed by atoms with Crippen LogP contribution in [-0.4, -0.2) is 68.1 Å². The molecule has 0 saturated carbocycles. The van der Waals surface area contributed by atoms with Crippen LogP contribution in [0.4, 0.5) is 4.39 Å². The fraction of sp³-hybridized carbons (Fsp3) is 0.444. The fourth-order valence-electron chi connectivity index (χ4n) is 4.92. The van der Waals surface area contributed by atoms with E-state index in [4.69, 9.17) is 25.8 Å². The summed E-state index contributed by atoms with van der Waals surface area (Å²) in [6, 6.07) is 6.70. The molecule has 2 aromatic carbocycles. The molecule has 5 rings (SSSR count). The van der Waals surface area contributed by atoms with Crippen LogP contribution in [0.15, 0.2) is 30.3 Å². The lowest BCUT2D eigenvalue weighted by atomic mass is 10.0. The van der Waals surface area contributed by atoms with E-state index in [0.717, 1.165) is 6.07 Å². The van der Waals surface area contributed by atoms with Crippen LogP contribution in [0.5, 0.6) is 17.2 Å². The summed E-state index contributed by atoms with van der Waals surface area (Å²) in [6.07, 6.45) is 1.46. The molecule has 0 unspecified atom stereocenters. The van der Waals surface area contributed by atoms with Gasteiger partial charge in [0.05, 0.1) is 24.5 Å². The maximum absolute atomic E-state index is 14.0. The maximum Gasteiger partial charge on any atom is 0.255 e. The van der Waals surface area contributed by atoms with Crippen molar-refractivity contribution in [3.8, 4) is 17.2 Å². The minimum absolute atomic E-state index is 0.00758. The molecule has 0 aliphatic carbocycles. The van der Waals surface area contributed by atoms with Gasteiger partial charge in [0.15, 0.2) is 11.5 Å². The molecule has 38 heavy (non-hydrogen) atoms. The molecule has 2 bridgehead atoms. The van der Waals surface area contributed by atoms with Crippen molar-refractivity contribution in [2.45, 2.75) is 31.7 Å². The van der Waals surface area contributed by atoms with E-state index in [9.17, 15) is 18.8 Å². The molecule has 11 heteroatoms. The van der Waals surface area contributed by atoms with E-state index < -0.39 is 23.7 Å². The van der Waals surface area contributed by atoms with Crippen LogP contribution in [0, 0.1) is 11.7 Å². The largest absolute Gasteiger partial charge is 0.493 e. The SMILES string of the molecule is O=C1N[C@@H]2CC[C@@H](CN(C(=O)Cc3cc4c(cc3Cl)OCCO4)C2)C(=O)NCCCOc2ccc(F)cc21. The molecule has 0 radical (unpaired) electrons. The smallest absolute Gasteiger partial charge is 0.255 e. The molecular weight excluding hydrogens is 517 g/mol. The van der Waals surface area contributed by atoms with Crippen molar-refractivity contribution in [3.05, 3.63) is 52.3 Å². The van der Waals surface area contributed by atoms with E-state index in [1.807, 2.05) is 0 Å². The molecule has 2 atom stereocenters. The van der Waals surface area contributed by atoms with Gasteiger partial charge in [-0.15, -0.1) is 0 Å². The standard InChI is InChI=1S/C27H29ClFN3O6/c28-21-13-24-23(37-8-9-38-24)10-17(21)11-25(33)32-14-16-2-4-19(15-32)31-27(35)20-12-18(29)3-5-22(20)36-7-1-6-30-26(16)34/h3,5,10,12-13,16,19H,1-2,4,6-9,11,14-15H2,(H,30,34)(H,31,35)/t16-,19+/m0/s1. The van der Waals surface area contributed by atoms with Gasteiger partial charge in [0.1, 0.15) is 24.8 Å². The Morgan fingerprint density at radius 3 is 2.58 bits per heavy atom. The van der Waals surface area contributed by atoms with Crippen molar-refractivity contribution < 1.29 is 33.0 Å². The van der Waals surface area contributed by atoms with E-state index in [1.54, 1.807) is 17.0 Å². The van der Waals surface area contributed by atoms with Crippen LogP contribution >= 0.6 is 11.6 Å². The highest BCUT2D eigenvalue weighted by Gasteiger charge is 2.32. The summed E-state index contributed by atoms with van der Waals surface area (Å²) < 4.78 is 30.9. The number of halogens is 2. The van der Waals surface area contributed by atoms with Crippen LogP contribution in [0.2, 0.25) is 5.02 Å². The number of hydrogen-bond donors (Lipinski definition) is 2. The number of nitrogens with one attached hydrogen (secondary N) is 2. The molecule has 1 saturated heterocycles. The van der Waals surface area contributed by atoms with Gasteiger partial charge in [-0.3, -0.25) is 14.4 Å². The Morgan fingerprint density at radius 2 is 1.76 bits per heavy atom. The molecule has 3 aliphatic rings. The molecule has 2 aromatic rings. The van der Waals surface area contributed by atoms with Gasteiger partial charge in [-0.25, -0.2) is 4.39 Å². The van der Waals surface area contributed by atoms with Crippen molar-refractivity contribution in [1.29, 1.82) is 0 Å². The molecule has 0 spiro atoms. The zero-order valence-corrected chi connectivity index (χ0v) is 21.5. The predicted molar refractivity (Wildman–Crippen MR) is 136 cm³/mol. The van der Waals surface area contributed by atoms with Gasteiger partial charge in [0, 0.05) is 36.8 Å². The summed E-state index contributed by atoms with van der Waals surface area (Å²) in [5.41, 5.74) is 0.673. The van der Waals surface area contributed by atoms with E-state index >= 15 is 0 Å². The second-order valence-electron chi connectivity index (χ2n) is 9.64. The number of hydrogen-bond acceptors (Lipinski definition) is 6. The summed E-state index contributed by atoms with van der Waals surface area (Å²) in [7, 11) is 0. The summed E-state index contributed by atoms with van der Waals surface area (Å²) in [4.78, 5) is 41.2. The number of carbonyl (C=O) groups is 3. The lowest BCUT2D eigenvalue weighted by molar-refractivity contribution is -0.132. The lowest BCUT2D eigenvalue weighted by Crippen LogP contribution is -2.46. The van der Waals surface area contributed by atoms with Crippen LogP contribution < -0.4 is 24.8 Å². The van der Waals surface area contributed by atoms with E-state index in [1.165, 1.54) is 12.1 Å². The second-order valence-corrected chi connectivity index (χ2v) is 10.0. The zero-order valence-electron chi connectivity index (χ0n) is 20.8. The van der Waals surface area contributed by atoms with Crippen molar-refractivity contribution in [1.82, 2.24) is 15.5 Å². The zero-order chi connectivity index (χ0) is 26.6. The van der Waals surface area contributed by atoms with Gasteiger partial charge in [-0.2, -0.15) is 0 Å². The van der Waals surface area contributed by atoms with Gasteiger partial charge in [0.25, 0.3) is 5.91 Å². The number of rotatable bonds is 2. The Bertz CT molecular complexity index is 1240. The third-order valence-corrected chi connectivity index (χ3v) is 7.27. The highest BCUT2D eigenvalue weighted by molar-refractivity contribution is 6.31. The number of ether oxygens (including phenoxy) is 3. The minimum Gasteiger partial charge on any atom is -0.493 e. The molecule has 3 amide bonds. The number of amides is 3. The van der Waals surface area contributed by atoms with Crippen LogP contribution in [0.25, 0.3) is 0 Å². The third-order valence-electron chi connectivity index (χ3n) is 6.92. The average Bonchev–Trinajstić information content (AvgIpc) is 3.12. The van der Waals surface area contributed by atoms with Crippen molar-refractivity contribution in [3.63, 3.8) is 0 Å². The molecule has 1 fully saturated rings. The topological polar surface area (TPSA) is 106 Å². The Kier molecular flexibility index (Phi) is 7.87. The summed E-state index contributed by atoms with van der Waals surface area (Å²) in [5, 5.41) is 6.24. The quantitative estimate of drug-likeness (QED) is 0.601. The average molecular weight is 546 g/mol. The first kappa shape index (κ1) is 26.1. The van der Waals surface area contributed by atoms with Crippen LogP contribution in [-0.2, 0) is 16.0 Å². The molecule has 3 heterocycles. The Labute approximate surface area is 224 Å². The maximum atomic E-state index is 14.0. The number of benzene rings is 2. The summed E-state index contributed by atoms with van der Waals surface area (Å²) in [5.74, 6) is -0.541. The summed E-state index contributed by atoms with van der Waals surface area (Å²) >= 11 is 6.44.